The van der Waals surface area contributed by atoms with Crippen molar-refractivity contribution in [2.45, 2.75) is 0 Å². The topological polar surface area (TPSA) is 149 Å². The number of barbiturate groups is 1. The third-order valence-corrected chi connectivity index (χ3v) is 4.50. The van der Waals surface area contributed by atoms with Crippen LogP contribution in [0.3, 0.4) is 0 Å². The van der Waals surface area contributed by atoms with Gasteiger partial charge in [-0.2, -0.15) is 0 Å². The molecule has 2 aromatic carbocycles. The summed E-state index contributed by atoms with van der Waals surface area (Å²) >= 11 is 0. The molecule has 2 N–H and O–H groups in total. The average molecular weight is 454 g/mol. The number of benzene rings is 2. The van der Waals surface area contributed by atoms with Crippen LogP contribution in [0.2, 0.25) is 0 Å². The Balaban J connectivity index is 1.92. The summed E-state index contributed by atoms with van der Waals surface area (Å²) < 4.78 is 14.9. The van der Waals surface area contributed by atoms with Crippen molar-refractivity contribution in [1.82, 2.24) is 5.32 Å². The van der Waals surface area contributed by atoms with Gasteiger partial charge in [-0.25, -0.2) is 19.3 Å². The van der Waals surface area contributed by atoms with E-state index in [1.807, 2.05) is 0 Å². The van der Waals surface area contributed by atoms with Gasteiger partial charge in [0, 0.05) is 0 Å². The van der Waals surface area contributed by atoms with E-state index in [9.17, 15) is 24.0 Å². The molecule has 0 unspecified atom stereocenters. The van der Waals surface area contributed by atoms with E-state index < -0.39 is 36.4 Å². The molecule has 0 bridgehead atoms. The molecule has 0 aliphatic carbocycles. The number of amides is 4. The first kappa shape index (κ1) is 23.0. The first-order chi connectivity index (χ1) is 15.7. The van der Waals surface area contributed by atoms with Crippen LogP contribution in [0.1, 0.15) is 15.9 Å². The Labute approximate surface area is 187 Å². The molecule has 0 aromatic heterocycles. The number of imide groups is 2. The number of carbonyl (C=O) groups excluding carboxylic acids is 4. The van der Waals surface area contributed by atoms with Crippen LogP contribution in [0, 0.1) is 0 Å². The number of urea groups is 1. The van der Waals surface area contributed by atoms with Gasteiger partial charge in [0.1, 0.15) is 5.57 Å². The number of rotatable bonds is 7. The van der Waals surface area contributed by atoms with E-state index in [0.29, 0.717) is 5.56 Å². The van der Waals surface area contributed by atoms with Crippen LogP contribution in [0.15, 0.2) is 48.0 Å². The molecule has 11 heteroatoms. The Kier molecular flexibility index (Phi) is 6.72. The summed E-state index contributed by atoms with van der Waals surface area (Å²) in [7, 11) is 2.57. The predicted molar refractivity (Wildman–Crippen MR) is 113 cm³/mol. The van der Waals surface area contributed by atoms with Crippen molar-refractivity contribution in [3.05, 3.63) is 59.2 Å². The van der Waals surface area contributed by atoms with Gasteiger partial charge in [-0.1, -0.05) is 6.07 Å². The van der Waals surface area contributed by atoms with Crippen molar-refractivity contribution in [3.8, 4) is 11.5 Å². The molecular weight excluding hydrogens is 436 g/mol. The van der Waals surface area contributed by atoms with Crippen LogP contribution < -0.4 is 19.7 Å². The molecular formula is C22H18N2O9. The Morgan fingerprint density at radius 3 is 2.33 bits per heavy atom. The summed E-state index contributed by atoms with van der Waals surface area (Å²) in [5.74, 6) is -3.18. The molecule has 2 aromatic rings. The van der Waals surface area contributed by atoms with Crippen molar-refractivity contribution >= 4 is 41.5 Å². The van der Waals surface area contributed by atoms with Gasteiger partial charge in [0.2, 0.25) is 0 Å². The molecule has 170 valence electrons. The number of nitrogens with one attached hydrogen (secondary N) is 1. The molecule has 11 nitrogen and oxygen atoms in total. The lowest BCUT2D eigenvalue weighted by Gasteiger charge is -2.26. The normalized spacial score (nSPS) is 14.7. The number of methoxy groups -OCH3 is 2. The minimum absolute atomic E-state index is 0.138. The lowest BCUT2D eigenvalue weighted by atomic mass is 10.1. The van der Waals surface area contributed by atoms with E-state index in [0.717, 1.165) is 4.90 Å². The number of aliphatic carboxylic acids is 1. The molecule has 4 amide bonds. The van der Waals surface area contributed by atoms with Gasteiger partial charge >= 0.3 is 18.0 Å². The second-order valence-electron chi connectivity index (χ2n) is 6.59. The summed E-state index contributed by atoms with van der Waals surface area (Å²) in [6.07, 6.45) is 1.25. The monoisotopic (exact) mass is 454 g/mol. The average Bonchev–Trinajstić information content (AvgIpc) is 2.80. The van der Waals surface area contributed by atoms with Crippen LogP contribution >= 0.6 is 0 Å². The van der Waals surface area contributed by atoms with E-state index in [4.69, 9.17) is 14.6 Å². The van der Waals surface area contributed by atoms with Crippen molar-refractivity contribution in [3.63, 3.8) is 0 Å². The van der Waals surface area contributed by atoms with E-state index >= 15 is 0 Å². The van der Waals surface area contributed by atoms with Gasteiger partial charge in [0.25, 0.3) is 11.8 Å². The summed E-state index contributed by atoms with van der Waals surface area (Å²) in [6.45, 7) is -0.580. The molecule has 0 radical (unpaired) electrons. The number of hydrogen-bond donors (Lipinski definition) is 2. The zero-order chi connectivity index (χ0) is 24.1. The van der Waals surface area contributed by atoms with Gasteiger partial charge in [0.15, 0.2) is 18.1 Å². The van der Waals surface area contributed by atoms with Crippen LogP contribution in [-0.4, -0.2) is 55.7 Å². The first-order valence-electron chi connectivity index (χ1n) is 9.37. The Bertz CT molecular complexity index is 1170. The van der Waals surface area contributed by atoms with Crippen LogP contribution in [-0.2, 0) is 19.1 Å². The number of carbonyl (C=O) groups is 5. The predicted octanol–water partition coefficient (Wildman–Crippen LogP) is 1.61. The van der Waals surface area contributed by atoms with E-state index in [1.54, 1.807) is 0 Å². The van der Waals surface area contributed by atoms with Crippen molar-refractivity contribution in [2.24, 2.45) is 0 Å². The minimum Gasteiger partial charge on any atom is -0.493 e. The quantitative estimate of drug-likeness (QED) is 0.361. The molecule has 1 fully saturated rings. The lowest BCUT2D eigenvalue weighted by molar-refractivity contribution is -0.139. The highest BCUT2D eigenvalue weighted by Crippen LogP contribution is 2.30. The number of nitrogens with zero attached hydrogens (tertiary/aromatic N) is 1. The molecule has 0 atom stereocenters. The number of ether oxygens (including phenoxy) is 3. The molecule has 0 saturated carbocycles. The van der Waals surface area contributed by atoms with E-state index in [2.05, 4.69) is 10.1 Å². The largest absolute Gasteiger partial charge is 0.493 e. The maximum absolute atomic E-state index is 13.0. The zero-order valence-corrected chi connectivity index (χ0v) is 17.5. The number of anilines is 1. The first-order valence-corrected chi connectivity index (χ1v) is 9.37. The second-order valence-corrected chi connectivity index (χ2v) is 6.59. The molecule has 33 heavy (non-hydrogen) atoms. The van der Waals surface area contributed by atoms with Crippen molar-refractivity contribution < 1.29 is 43.3 Å². The summed E-state index contributed by atoms with van der Waals surface area (Å²) in [5.41, 5.74) is 0.394. The van der Waals surface area contributed by atoms with Gasteiger partial charge in [-0.05, 0) is 48.0 Å². The molecule has 1 saturated heterocycles. The molecule has 1 aliphatic heterocycles. The molecule has 0 spiro atoms. The highest BCUT2D eigenvalue weighted by Gasteiger charge is 2.36. The van der Waals surface area contributed by atoms with Crippen LogP contribution in [0.25, 0.3) is 6.08 Å². The van der Waals surface area contributed by atoms with Crippen molar-refractivity contribution in [1.29, 1.82) is 0 Å². The maximum atomic E-state index is 13.0. The highest BCUT2D eigenvalue weighted by atomic mass is 16.5. The van der Waals surface area contributed by atoms with E-state index in [1.165, 1.54) is 62.8 Å². The highest BCUT2D eigenvalue weighted by molar-refractivity contribution is 6.39. The fourth-order valence-electron chi connectivity index (χ4n) is 2.96. The van der Waals surface area contributed by atoms with E-state index in [-0.39, 0.29) is 28.3 Å². The number of esters is 1. The number of carboxylic acids is 1. The minimum atomic E-state index is -1.17. The smallest absolute Gasteiger partial charge is 0.341 e. The van der Waals surface area contributed by atoms with Crippen LogP contribution in [0.4, 0.5) is 10.5 Å². The molecule has 1 aliphatic rings. The molecule has 1 heterocycles. The zero-order valence-electron chi connectivity index (χ0n) is 17.5. The van der Waals surface area contributed by atoms with Crippen LogP contribution in [0.5, 0.6) is 11.5 Å². The second kappa shape index (κ2) is 9.64. The standard InChI is InChI=1S/C22H18N2O9/c1-31-17-10-12(3-8-16(17)33-11-18(25)26)9-15-19(27)23-22(30)24(20(15)28)14-6-4-13(5-7-14)21(29)32-2/h3-10H,11H2,1-2H3,(H,25,26)(H,23,27,30). The van der Waals surface area contributed by atoms with Gasteiger partial charge in [-0.3, -0.25) is 14.9 Å². The van der Waals surface area contributed by atoms with Gasteiger partial charge in [-0.15, -0.1) is 0 Å². The summed E-state index contributed by atoms with van der Waals surface area (Å²) in [5, 5.41) is 10.8. The SMILES string of the molecule is COC(=O)c1ccc(N2C(=O)NC(=O)C(=Cc3ccc(OCC(=O)O)c(OC)c3)C2=O)cc1. The number of hydrogen-bond acceptors (Lipinski definition) is 8. The number of carboxylic acid groups (broad SMARTS) is 1. The van der Waals surface area contributed by atoms with Gasteiger partial charge in [0.05, 0.1) is 25.5 Å². The fraction of sp³-hybridized carbons (Fsp3) is 0.136. The summed E-state index contributed by atoms with van der Waals surface area (Å²) in [6, 6.07) is 8.90. The maximum Gasteiger partial charge on any atom is 0.341 e. The molecule has 3 rings (SSSR count). The third kappa shape index (κ3) is 4.98. The van der Waals surface area contributed by atoms with Gasteiger partial charge < -0.3 is 19.3 Å². The summed E-state index contributed by atoms with van der Waals surface area (Å²) in [4.78, 5) is 60.7. The Morgan fingerprint density at radius 2 is 1.73 bits per heavy atom. The Morgan fingerprint density at radius 1 is 1.03 bits per heavy atom. The lowest BCUT2D eigenvalue weighted by Crippen LogP contribution is -2.54. The fourth-order valence-corrected chi connectivity index (χ4v) is 2.96. The third-order valence-electron chi connectivity index (χ3n) is 4.50. The Hall–Kier alpha value is -4.67. The van der Waals surface area contributed by atoms with Crippen molar-refractivity contribution in [2.75, 3.05) is 25.7 Å².